The lowest BCUT2D eigenvalue weighted by Gasteiger charge is -2.22. The second-order valence-corrected chi connectivity index (χ2v) is 4.58. The van der Waals surface area contributed by atoms with E-state index in [1.807, 2.05) is 30.3 Å². The molecule has 1 aliphatic rings. The van der Waals surface area contributed by atoms with Crippen molar-refractivity contribution in [1.82, 2.24) is 4.90 Å². The van der Waals surface area contributed by atoms with Gasteiger partial charge in [0.1, 0.15) is 0 Å². The van der Waals surface area contributed by atoms with Gasteiger partial charge >= 0.3 is 11.9 Å². The predicted octanol–water partition coefficient (Wildman–Crippen LogP) is 1.12. The van der Waals surface area contributed by atoms with Crippen molar-refractivity contribution < 1.29 is 19.1 Å². The van der Waals surface area contributed by atoms with E-state index in [0.717, 1.165) is 5.56 Å². The van der Waals surface area contributed by atoms with Crippen molar-refractivity contribution in [2.24, 2.45) is 5.92 Å². The molecule has 0 bridgehead atoms. The Hall–Kier alpha value is -2.17. The number of ether oxygens (including phenoxy) is 1. The molecule has 5 heteroatoms. The lowest BCUT2D eigenvalue weighted by Crippen LogP contribution is -2.34. The van der Waals surface area contributed by atoms with E-state index in [1.54, 1.807) is 4.90 Å². The number of hydrogen-bond acceptors (Lipinski definition) is 4. The first-order chi connectivity index (χ1) is 9.06. The third-order valence-electron chi connectivity index (χ3n) is 3.06. The van der Waals surface area contributed by atoms with Gasteiger partial charge in [0.05, 0.1) is 12.3 Å². The summed E-state index contributed by atoms with van der Waals surface area (Å²) in [6, 6.07) is 9.50. The molecule has 0 radical (unpaired) electrons. The quantitative estimate of drug-likeness (QED) is 0.602. The molecule has 1 fully saturated rings. The van der Waals surface area contributed by atoms with Crippen molar-refractivity contribution in [2.45, 2.75) is 19.9 Å². The second kappa shape index (κ2) is 5.65. The Bertz CT molecular complexity index is 497. The monoisotopic (exact) mass is 261 g/mol. The van der Waals surface area contributed by atoms with Gasteiger partial charge in [0.15, 0.2) is 0 Å². The van der Waals surface area contributed by atoms with Crippen LogP contribution in [-0.2, 0) is 25.7 Å². The van der Waals surface area contributed by atoms with Crippen LogP contribution < -0.4 is 0 Å². The Morgan fingerprint density at radius 2 is 2.00 bits per heavy atom. The molecule has 100 valence electrons. The molecule has 0 unspecified atom stereocenters. The topological polar surface area (TPSA) is 63.7 Å². The molecule has 1 aliphatic heterocycles. The average Bonchev–Trinajstić information content (AvgIpc) is 2.68. The third kappa shape index (κ3) is 3.40. The zero-order valence-electron chi connectivity index (χ0n) is 10.7. The highest BCUT2D eigenvalue weighted by Gasteiger charge is 2.35. The van der Waals surface area contributed by atoms with E-state index in [2.05, 4.69) is 4.74 Å². The Kier molecular flexibility index (Phi) is 3.94. The minimum absolute atomic E-state index is 0.0530. The lowest BCUT2D eigenvalue weighted by atomic mass is 10.1. The van der Waals surface area contributed by atoms with E-state index >= 15 is 0 Å². The normalized spacial score (nSPS) is 18.3. The number of hydrogen-bond donors (Lipinski definition) is 0. The number of carbonyl (C=O) groups is 3. The summed E-state index contributed by atoms with van der Waals surface area (Å²) in [5, 5.41) is 0. The molecule has 0 aliphatic carbocycles. The van der Waals surface area contributed by atoms with Crippen LogP contribution in [0.5, 0.6) is 0 Å². The molecular formula is C14H15NO4. The number of benzene rings is 1. The molecule has 5 nitrogen and oxygen atoms in total. The molecule has 1 aromatic rings. The summed E-state index contributed by atoms with van der Waals surface area (Å²) >= 11 is 0. The fraction of sp³-hybridized carbons (Fsp3) is 0.357. The summed E-state index contributed by atoms with van der Waals surface area (Å²) in [5.74, 6) is -1.72. The Balaban J connectivity index is 2.03. The van der Waals surface area contributed by atoms with Crippen molar-refractivity contribution in [3.63, 3.8) is 0 Å². The summed E-state index contributed by atoms with van der Waals surface area (Å²) in [5.41, 5.74) is 0.982. The molecule has 1 saturated heterocycles. The van der Waals surface area contributed by atoms with Crippen molar-refractivity contribution in [3.05, 3.63) is 35.9 Å². The summed E-state index contributed by atoms with van der Waals surface area (Å²) < 4.78 is 4.49. The van der Waals surface area contributed by atoms with E-state index < -0.39 is 17.9 Å². The van der Waals surface area contributed by atoms with Crippen LogP contribution in [0.4, 0.5) is 0 Å². The molecule has 1 atom stereocenters. The Morgan fingerprint density at radius 3 is 2.53 bits per heavy atom. The van der Waals surface area contributed by atoms with Crippen LogP contribution >= 0.6 is 0 Å². The molecule has 19 heavy (non-hydrogen) atoms. The molecule has 1 amide bonds. The number of cyclic esters (lactones) is 2. The molecule has 0 N–H and O–H groups in total. The third-order valence-corrected chi connectivity index (χ3v) is 3.06. The number of nitrogens with zero attached hydrogens (tertiary/aromatic N) is 1. The first kappa shape index (κ1) is 13.3. The molecule has 0 aromatic heterocycles. The van der Waals surface area contributed by atoms with Gasteiger partial charge in [0.25, 0.3) is 0 Å². The molecule has 1 heterocycles. The largest absolute Gasteiger partial charge is 0.393 e. The molecule has 0 spiro atoms. The highest BCUT2D eigenvalue weighted by atomic mass is 16.6. The van der Waals surface area contributed by atoms with Crippen LogP contribution in [0.15, 0.2) is 30.3 Å². The van der Waals surface area contributed by atoms with Gasteiger partial charge in [-0.25, -0.2) is 0 Å². The lowest BCUT2D eigenvalue weighted by molar-refractivity contribution is -0.153. The van der Waals surface area contributed by atoms with Crippen LogP contribution in [0.25, 0.3) is 0 Å². The van der Waals surface area contributed by atoms with E-state index in [0.29, 0.717) is 6.54 Å². The minimum atomic E-state index is -0.542. The fourth-order valence-electron chi connectivity index (χ4n) is 2.04. The van der Waals surface area contributed by atoms with Gasteiger partial charge in [-0.15, -0.1) is 0 Å². The van der Waals surface area contributed by atoms with Gasteiger partial charge in [-0.1, -0.05) is 30.3 Å². The van der Waals surface area contributed by atoms with Gasteiger partial charge in [-0.2, -0.15) is 0 Å². The van der Waals surface area contributed by atoms with Gasteiger partial charge in [-0.3, -0.25) is 14.4 Å². The first-order valence-electron chi connectivity index (χ1n) is 6.10. The van der Waals surface area contributed by atoms with E-state index in [1.165, 1.54) is 6.92 Å². The maximum absolute atomic E-state index is 11.6. The van der Waals surface area contributed by atoms with Gasteiger partial charge in [-0.05, 0) is 5.56 Å². The zero-order valence-corrected chi connectivity index (χ0v) is 10.7. The minimum Gasteiger partial charge on any atom is -0.393 e. The molecule has 0 saturated carbocycles. The molecule has 2 rings (SSSR count). The fourth-order valence-corrected chi connectivity index (χ4v) is 2.04. The van der Waals surface area contributed by atoms with Crippen LogP contribution in [0.2, 0.25) is 0 Å². The number of esters is 2. The first-order valence-corrected chi connectivity index (χ1v) is 6.10. The van der Waals surface area contributed by atoms with Gasteiger partial charge in [0, 0.05) is 20.0 Å². The summed E-state index contributed by atoms with van der Waals surface area (Å²) in [6.45, 7) is 2.09. The van der Waals surface area contributed by atoms with Crippen LogP contribution in [0.3, 0.4) is 0 Å². The number of rotatable bonds is 4. The van der Waals surface area contributed by atoms with E-state index in [4.69, 9.17) is 0 Å². The number of amides is 1. The number of carbonyl (C=O) groups excluding carboxylic acids is 3. The summed E-state index contributed by atoms with van der Waals surface area (Å²) in [4.78, 5) is 35.6. The SMILES string of the molecule is CC(=O)N(Cc1ccccc1)C[C@@H]1CC(=O)OC1=O. The van der Waals surface area contributed by atoms with Crippen molar-refractivity contribution in [1.29, 1.82) is 0 Å². The highest BCUT2D eigenvalue weighted by molar-refractivity contribution is 5.95. The van der Waals surface area contributed by atoms with E-state index in [9.17, 15) is 14.4 Å². The zero-order chi connectivity index (χ0) is 13.8. The Labute approximate surface area is 111 Å². The highest BCUT2D eigenvalue weighted by Crippen LogP contribution is 2.18. The maximum Gasteiger partial charge on any atom is 0.318 e. The smallest absolute Gasteiger partial charge is 0.318 e. The van der Waals surface area contributed by atoms with Crippen molar-refractivity contribution >= 4 is 17.8 Å². The van der Waals surface area contributed by atoms with Crippen LogP contribution in [0, 0.1) is 5.92 Å². The van der Waals surface area contributed by atoms with Gasteiger partial charge in [0.2, 0.25) is 5.91 Å². The standard InChI is InChI=1S/C14H15NO4/c1-10(16)15(8-11-5-3-2-4-6-11)9-12-7-13(17)19-14(12)18/h2-6,12H,7-9H2,1H3/t12-/m0/s1. The van der Waals surface area contributed by atoms with Crippen molar-refractivity contribution in [2.75, 3.05) is 6.54 Å². The predicted molar refractivity (Wildman–Crippen MR) is 66.7 cm³/mol. The maximum atomic E-state index is 11.6. The van der Waals surface area contributed by atoms with Crippen molar-refractivity contribution in [3.8, 4) is 0 Å². The molecule has 1 aromatic carbocycles. The molecular weight excluding hydrogens is 246 g/mol. The van der Waals surface area contributed by atoms with Gasteiger partial charge < -0.3 is 9.64 Å². The summed E-state index contributed by atoms with van der Waals surface area (Å²) in [7, 11) is 0. The van der Waals surface area contributed by atoms with E-state index in [-0.39, 0.29) is 18.9 Å². The second-order valence-electron chi connectivity index (χ2n) is 4.58. The van der Waals surface area contributed by atoms with Crippen LogP contribution in [0.1, 0.15) is 18.9 Å². The average molecular weight is 261 g/mol. The Morgan fingerprint density at radius 1 is 1.32 bits per heavy atom. The van der Waals surface area contributed by atoms with Crippen LogP contribution in [-0.4, -0.2) is 29.3 Å². The summed E-state index contributed by atoms with van der Waals surface area (Å²) in [6.07, 6.45) is 0.0530.